The maximum Gasteiger partial charge on any atom is 0.418 e. The number of benzene rings is 1. The molecule has 0 saturated carbocycles. The molecule has 1 amide bonds. The molecule has 0 aliphatic carbocycles. The van der Waals surface area contributed by atoms with E-state index in [-0.39, 0.29) is 30.2 Å². The number of carbonyl (C=O) groups excluding carboxylic acids is 1. The highest BCUT2D eigenvalue weighted by molar-refractivity contribution is 5.91. The number of hydrogen-bond donors (Lipinski definition) is 2. The van der Waals surface area contributed by atoms with Crippen LogP contribution >= 0.6 is 0 Å². The Labute approximate surface area is 140 Å². The summed E-state index contributed by atoms with van der Waals surface area (Å²) in [6, 6.07) is 4.74. The molecule has 0 aliphatic rings. The van der Waals surface area contributed by atoms with Crippen molar-refractivity contribution in [2.45, 2.75) is 39.4 Å². The van der Waals surface area contributed by atoms with Crippen LogP contribution in [0.3, 0.4) is 0 Å². The second-order valence-corrected chi connectivity index (χ2v) is 6.89. The second kappa shape index (κ2) is 7.98. The normalized spacial score (nSPS) is 13.9. The lowest BCUT2D eigenvalue weighted by atomic mass is 9.86. The number of carbonyl (C=O) groups is 1. The van der Waals surface area contributed by atoms with E-state index in [1.165, 1.54) is 18.2 Å². The monoisotopic (exact) mass is 346 g/mol. The highest BCUT2D eigenvalue weighted by Gasteiger charge is 2.33. The van der Waals surface area contributed by atoms with Gasteiger partial charge in [0.1, 0.15) is 0 Å². The first kappa shape index (κ1) is 20.4. The Morgan fingerprint density at radius 1 is 1.25 bits per heavy atom. The summed E-state index contributed by atoms with van der Waals surface area (Å²) in [6.07, 6.45) is -4.48. The fourth-order valence-corrected chi connectivity index (χ4v) is 2.56. The summed E-state index contributed by atoms with van der Waals surface area (Å²) >= 11 is 0. The molecule has 0 aliphatic heterocycles. The summed E-state index contributed by atoms with van der Waals surface area (Å²) < 4.78 is 38.7. The Bertz CT molecular complexity index is 554. The number of amides is 1. The van der Waals surface area contributed by atoms with E-state index in [0.717, 1.165) is 6.07 Å². The third-order valence-electron chi connectivity index (χ3n) is 3.90. The van der Waals surface area contributed by atoms with Crippen LogP contribution in [0.25, 0.3) is 0 Å². The van der Waals surface area contributed by atoms with Gasteiger partial charge in [0.2, 0.25) is 5.91 Å². The van der Waals surface area contributed by atoms with Crippen molar-refractivity contribution in [2.75, 3.05) is 25.5 Å². The van der Waals surface area contributed by atoms with Crippen molar-refractivity contribution in [1.29, 1.82) is 0 Å². The Balaban J connectivity index is 2.69. The van der Waals surface area contributed by atoms with Crippen molar-refractivity contribution in [3.05, 3.63) is 29.8 Å². The summed E-state index contributed by atoms with van der Waals surface area (Å²) in [5.74, 6) is -0.496. The van der Waals surface area contributed by atoms with E-state index in [4.69, 9.17) is 0 Å². The van der Waals surface area contributed by atoms with Crippen LogP contribution in [0.2, 0.25) is 0 Å². The lowest BCUT2D eigenvalue weighted by Crippen LogP contribution is -2.45. The highest BCUT2D eigenvalue weighted by atomic mass is 19.4. The van der Waals surface area contributed by atoms with Crippen LogP contribution in [0.1, 0.15) is 32.8 Å². The second-order valence-electron chi connectivity index (χ2n) is 6.89. The molecule has 1 aromatic carbocycles. The van der Waals surface area contributed by atoms with Gasteiger partial charge in [0.05, 0.1) is 17.9 Å². The standard InChI is InChI=1S/C17H25F3N2O2/c1-16(2,3)14(11-23)22(4)10-9-15(24)21-13-8-6-5-7-12(13)17(18,19)20/h5-8,14,23H,9-11H2,1-4H3,(H,21,24). The molecule has 0 bridgehead atoms. The summed E-state index contributed by atoms with van der Waals surface area (Å²) in [5.41, 5.74) is -1.29. The Kier molecular flexibility index (Phi) is 6.80. The number of aliphatic hydroxyl groups is 1. The summed E-state index contributed by atoms with van der Waals surface area (Å²) in [4.78, 5) is 13.8. The van der Waals surface area contributed by atoms with Crippen LogP contribution in [0.5, 0.6) is 0 Å². The number of likely N-dealkylation sites (N-methyl/N-ethyl adjacent to an activating group) is 1. The van der Waals surface area contributed by atoms with Gasteiger partial charge in [-0.05, 0) is 24.6 Å². The molecule has 1 aromatic rings. The summed E-state index contributed by atoms with van der Waals surface area (Å²) in [6.45, 7) is 6.21. The zero-order chi connectivity index (χ0) is 18.5. The van der Waals surface area contributed by atoms with Gasteiger partial charge in [0, 0.05) is 19.0 Å². The average Bonchev–Trinajstić information content (AvgIpc) is 2.43. The SMILES string of the molecule is CN(CCC(=O)Nc1ccccc1C(F)(F)F)C(CO)C(C)(C)C. The summed E-state index contributed by atoms with van der Waals surface area (Å²) in [7, 11) is 1.78. The van der Waals surface area contributed by atoms with Crippen LogP contribution in [0, 0.1) is 5.41 Å². The third-order valence-corrected chi connectivity index (χ3v) is 3.90. The minimum absolute atomic E-state index is 0.0370. The topological polar surface area (TPSA) is 52.6 Å². The number of anilines is 1. The van der Waals surface area contributed by atoms with Gasteiger partial charge in [-0.25, -0.2) is 0 Å². The molecule has 4 nitrogen and oxygen atoms in total. The van der Waals surface area contributed by atoms with E-state index < -0.39 is 17.6 Å². The Morgan fingerprint density at radius 2 is 1.83 bits per heavy atom. The quantitative estimate of drug-likeness (QED) is 0.830. The highest BCUT2D eigenvalue weighted by Crippen LogP contribution is 2.34. The number of alkyl halides is 3. The van der Waals surface area contributed by atoms with Gasteiger partial charge in [-0.3, -0.25) is 4.79 Å². The number of para-hydroxylation sites is 1. The molecular formula is C17H25F3N2O2. The largest absolute Gasteiger partial charge is 0.418 e. The number of hydrogen-bond acceptors (Lipinski definition) is 3. The van der Waals surface area contributed by atoms with Crippen molar-refractivity contribution in [3.63, 3.8) is 0 Å². The zero-order valence-corrected chi connectivity index (χ0v) is 14.4. The van der Waals surface area contributed by atoms with Gasteiger partial charge in [-0.15, -0.1) is 0 Å². The molecule has 0 spiro atoms. The molecule has 0 saturated heterocycles. The first-order chi connectivity index (χ1) is 11.0. The van der Waals surface area contributed by atoms with Gasteiger partial charge in [-0.1, -0.05) is 32.9 Å². The van der Waals surface area contributed by atoms with E-state index in [1.54, 1.807) is 7.05 Å². The zero-order valence-electron chi connectivity index (χ0n) is 14.4. The molecular weight excluding hydrogens is 321 g/mol. The van der Waals surface area contributed by atoms with Crippen molar-refractivity contribution in [2.24, 2.45) is 5.41 Å². The van der Waals surface area contributed by atoms with Crippen LogP contribution in [0.4, 0.5) is 18.9 Å². The minimum Gasteiger partial charge on any atom is -0.395 e. The average molecular weight is 346 g/mol. The first-order valence-corrected chi connectivity index (χ1v) is 7.74. The van der Waals surface area contributed by atoms with E-state index >= 15 is 0 Å². The van der Waals surface area contributed by atoms with Gasteiger partial charge < -0.3 is 15.3 Å². The van der Waals surface area contributed by atoms with Crippen molar-refractivity contribution in [3.8, 4) is 0 Å². The third kappa shape index (κ3) is 5.79. The molecule has 0 heterocycles. The predicted octanol–water partition coefficient (Wildman–Crippen LogP) is 3.37. The first-order valence-electron chi connectivity index (χ1n) is 7.74. The molecule has 1 rings (SSSR count). The molecule has 1 atom stereocenters. The van der Waals surface area contributed by atoms with E-state index in [9.17, 15) is 23.1 Å². The minimum atomic E-state index is -4.52. The van der Waals surface area contributed by atoms with E-state index in [0.29, 0.717) is 6.54 Å². The number of aliphatic hydroxyl groups excluding tert-OH is 1. The fourth-order valence-electron chi connectivity index (χ4n) is 2.56. The number of nitrogens with zero attached hydrogens (tertiary/aromatic N) is 1. The molecule has 0 radical (unpaired) electrons. The molecule has 1 unspecified atom stereocenters. The van der Waals surface area contributed by atoms with Crippen LogP contribution in [-0.4, -0.2) is 42.2 Å². The van der Waals surface area contributed by atoms with Crippen molar-refractivity contribution in [1.82, 2.24) is 4.90 Å². The summed E-state index contributed by atoms with van der Waals surface area (Å²) in [5, 5.41) is 11.8. The molecule has 0 aromatic heterocycles. The van der Waals surface area contributed by atoms with Crippen LogP contribution in [-0.2, 0) is 11.0 Å². The maximum absolute atomic E-state index is 12.9. The lowest BCUT2D eigenvalue weighted by Gasteiger charge is -2.36. The fraction of sp³-hybridized carbons (Fsp3) is 0.588. The van der Waals surface area contributed by atoms with E-state index in [2.05, 4.69) is 5.32 Å². The smallest absolute Gasteiger partial charge is 0.395 e. The predicted molar refractivity (Wildman–Crippen MR) is 87.6 cm³/mol. The van der Waals surface area contributed by atoms with Crippen molar-refractivity contribution < 1.29 is 23.1 Å². The molecule has 24 heavy (non-hydrogen) atoms. The Hall–Kier alpha value is -1.60. The molecule has 7 heteroatoms. The van der Waals surface area contributed by atoms with Gasteiger partial charge >= 0.3 is 6.18 Å². The van der Waals surface area contributed by atoms with Gasteiger partial charge in [0.15, 0.2) is 0 Å². The van der Waals surface area contributed by atoms with Crippen LogP contribution < -0.4 is 5.32 Å². The lowest BCUT2D eigenvalue weighted by molar-refractivity contribution is -0.137. The van der Waals surface area contributed by atoms with Gasteiger partial charge in [-0.2, -0.15) is 13.2 Å². The van der Waals surface area contributed by atoms with Crippen molar-refractivity contribution >= 4 is 11.6 Å². The molecule has 136 valence electrons. The molecule has 0 fully saturated rings. The Morgan fingerprint density at radius 3 is 2.33 bits per heavy atom. The van der Waals surface area contributed by atoms with Gasteiger partial charge in [0.25, 0.3) is 0 Å². The maximum atomic E-state index is 12.9. The van der Waals surface area contributed by atoms with Crippen LogP contribution in [0.15, 0.2) is 24.3 Å². The number of nitrogens with one attached hydrogen (secondary N) is 1. The van der Waals surface area contributed by atoms with E-state index in [1.807, 2.05) is 25.7 Å². The molecule has 2 N–H and O–H groups in total. The number of rotatable bonds is 6. The number of halogens is 3.